The van der Waals surface area contributed by atoms with E-state index in [1.165, 1.54) is 22.3 Å². The standard InChI is InChI=1S/C32H32N2O6S/c1-5-7-13-40-22-10-8-9-21(16-22)29(36)26-28(20-11-12-23(35)24(17-20)39-6-2)34(31(38)30(26)37)32-33-27-19(4)14-18(3)15-25(27)41-32/h8-12,14-17,28,35-36H,5-7,13H2,1-4H3. The lowest BCUT2D eigenvalue weighted by Crippen LogP contribution is -2.29. The number of Topliss-reactive ketones (excluding diaryl/α,β-unsaturated/α-hetero) is 1. The number of hydrogen-bond acceptors (Lipinski definition) is 8. The molecule has 0 aliphatic carbocycles. The van der Waals surface area contributed by atoms with Crippen LogP contribution < -0.4 is 14.4 Å². The van der Waals surface area contributed by atoms with Gasteiger partial charge in [-0.25, -0.2) is 4.98 Å². The topological polar surface area (TPSA) is 109 Å². The Balaban J connectivity index is 1.69. The lowest BCUT2D eigenvalue weighted by atomic mass is 9.95. The van der Waals surface area contributed by atoms with Crippen molar-refractivity contribution < 1.29 is 29.3 Å². The first-order valence-corrected chi connectivity index (χ1v) is 14.4. The number of aliphatic hydroxyl groups excluding tert-OH is 1. The second kappa shape index (κ2) is 11.6. The van der Waals surface area contributed by atoms with E-state index in [2.05, 4.69) is 6.92 Å². The van der Waals surface area contributed by atoms with Crippen molar-refractivity contribution in [2.24, 2.45) is 0 Å². The van der Waals surface area contributed by atoms with Crippen LogP contribution in [0.3, 0.4) is 0 Å². The van der Waals surface area contributed by atoms with Crippen LogP contribution >= 0.6 is 11.3 Å². The van der Waals surface area contributed by atoms with Gasteiger partial charge < -0.3 is 19.7 Å². The van der Waals surface area contributed by atoms with Gasteiger partial charge in [0.1, 0.15) is 11.5 Å². The number of carbonyl (C=O) groups excluding carboxylic acids is 2. The van der Waals surface area contributed by atoms with Crippen LogP contribution in [0.15, 0.2) is 60.2 Å². The van der Waals surface area contributed by atoms with Crippen molar-refractivity contribution >= 4 is 44.1 Å². The van der Waals surface area contributed by atoms with Crippen LogP contribution in [0, 0.1) is 13.8 Å². The molecule has 3 aromatic carbocycles. The number of phenolic OH excluding ortho intramolecular Hbond substituents is 1. The molecule has 0 radical (unpaired) electrons. The fourth-order valence-corrected chi connectivity index (χ4v) is 6.17. The van der Waals surface area contributed by atoms with E-state index >= 15 is 0 Å². The molecule has 8 nitrogen and oxygen atoms in total. The monoisotopic (exact) mass is 572 g/mol. The fraction of sp³-hybridized carbons (Fsp3) is 0.281. The summed E-state index contributed by atoms with van der Waals surface area (Å²) in [5.74, 6) is -1.27. The Bertz CT molecular complexity index is 1670. The number of anilines is 1. The zero-order chi connectivity index (χ0) is 29.3. The summed E-state index contributed by atoms with van der Waals surface area (Å²) in [6.07, 6.45) is 1.86. The smallest absolute Gasteiger partial charge is 0.301 e. The molecule has 0 bridgehead atoms. The van der Waals surface area contributed by atoms with Crippen LogP contribution in [0.1, 0.15) is 55.0 Å². The molecule has 1 unspecified atom stereocenters. The van der Waals surface area contributed by atoms with Crippen molar-refractivity contribution in [2.45, 2.75) is 46.6 Å². The Hall–Kier alpha value is -4.37. The lowest BCUT2D eigenvalue weighted by molar-refractivity contribution is -0.132. The van der Waals surface area contributed by atoms with Gasteiger partial charge in [0.15, 0.2) is 16.6 Å². The van der Waals surface area contributed by atoms with Gasteiger partial charge in [0.2, 0.25) is 0 Å². The average molecular weight is 573 g/mol. The van der Waals surface area contributed by atoms with Gasteiger partial charge in [0.05, 0.1) is 35.0 Å². The number of ether oxygens (including phenoxy) is 2. The molecule has 1 saturated heterocycles. The van der Waals surface area contributed by atoms with Crippen molar-refractivity contribution in [3.8, 4) is 17.2 Å². The Morgan fingerprint density at radius 3 is 2.61 bits per heavy atom. The zero-order valence-electron chi connectivity index (χ0n) is 23.4. The van der Waals surface area contributed by atoms with Gasteiger partial charge in [-0.05, 0) is 74.2 Å². The summed E-state index contributed by atoms with van der Waals surface area (Å²) in [7, 11) is 0. The second-order valence-corrected chi connectivity index (χ2v) is 11.0. The Kier molecular flexibility index (Phi) is 7.99. The van der Waals surface area contributed by atoms with Gasteiger partial charge in [0.25, 0.3) is 5.78 Å². The summed E-state index contributed by atoms with van der Waals surface area (Å²) in [5.41, 5.74) is 3.51. The second-order valence-electron chi connectivity index (χ2n) is 9.98. The number of phenols is 1. The van der Waals surface area contributed by atoms with Crippen molar-refractivity contribution in [1.29, 1.82) is 0 Å². The highest BCUT2D eigenvalue weighted by Gasteiger charge is 2.48. The number of aromatic hydroxyl groups is 1. The number of aromatic nitrogens is 1. The van der Waals surface area contributed by atoms with Gasteiger partial charge in [-0.3, -0.25) is 14.5 Å². The molecule has 1 amide bonds. The van der Waals surface area contributed by atoms with Crippen molar-refractivity contribution in [1.82, 2.24) is 4.98 Å². The number of thiazole rings is 1. The molecule has 1 fully saturated rings. The number of ketones is 1. The SMILES string of the molecule is CCCCOc1cccc(C(O)=C2C(=O)C(=O)N(c3nc4c(C)cc(C)cc4s3)C2c2ccc(O)c(OCC)c2)c1. The van der Waals surface area contributed by atoms with Crippen LogP contribution in [0.25, 0.3) is 16.0 Å². The van der Waals surface area contributed by atoms with E-state index in [4.69, 9.17) is 14.5 Å². The van der Waals surface area contributed by atoms with E-state index in [1.54, 1.807) is 43.3 Å². The van der Waals surface area contributed by atoms with Gasteiger partial charge >= 0.3 is 5.91 Å². The normalized spacial score (nSPS) is 16.5. The number of nitrogens with zero attached hydrogens (tertiary/aromatic N) is 2. The van der Waals surface area contributed by atoms with Crippen LogP contribution in [0.4, 0.5) is 5.13 Å². The maximum absolute atomic E-state index is 13.7. The molecule has 1 aromatic heterocycles. The van der Waals surface area contributed by atoms with Gasteiger partial charge in [-0.2, -0.15) is 0 Å². The maximum Gasteiger partial charge on any atom is 0.301 e. The Labute approximate surface area is 242 Å². The zero-order valence-corrected chi connectivity index (χ0v) is 24.2. The van der Waals surface area contributed by atoms with E-state index in [0.29, 0.717) is 35.2 Å². The molecule has 0 spiro atoms. The predicted molar refractivity (Wildman–Crippen MR) is 160 cm³/mol. The first kappa shape index (κ1) is 28.2. The van der Waals surface area contributed by atoms with E-state index in [9.17, 15) is 19.8 Å². The van der Waals surface area contributed by atoms with Crippen LogP contribution in [-0.2, 0) is 9.59 Å². The Morgan fingerprint density at radius 1 is 1.05 bits per heavy atom. The molecule has 41 heavy (non-hydrogen) atoms. The van der Waals surface area contributed by atoms with E-state index < -0.39 is 17.7 Å². The summed E-state index contributed by atoms with van der Waals surface area (Å²) in [6, 6.07) is 14.5. The Morgan fingerprint density at radius 2 is 1.85 bits per heavy atom. The first-order chi connectivity index (χ1) is 19.7. The number of benzene rings is 3. The van der Waals surface area contributed by atoms with Gasteiger partial charge in [0, 0.05) is 5.56 Å². The molecule has 0 saturated carbocycles. The minimum Gasteiger partial charge on any atom is -0.507 e. The summed E-state index contributed by atoms with van der Waals surface area (Å²) in [5, 5.41) is 22.3. The van der Waals surface area contributed by atoms with Gasteiger partial charge in [-0.1, -0.05) is 48.9 Å². The highest BCUT2D eigenvalue weighted by molar-refractivity contribution is 7.22. The third-order valence-corrected chi connectivity index (χ3v) is 7.94. The molecule has 1 aliphatic heterocycles. The number of amides is 1. The highest BCUT2D eigenvalue weighted by atomic mass is 32.1. The molecule has 1 atom stereocenters. The molecular formula is C32H32N2O6S. The molecule has 212 valence electrons. The van der Waals surface area contributed by atoms with E-state index in [0.717, 1.165) is 34.2 Å². The third kappa shape index (κ3) is 5.37. The molecule has 4 aromatic rings. The number of aryl methyl sites for hydroxylation is 2. The van der Waals surface area contributed by atoms with Crippen LogP contribution in [-0.4, -0.2) is 40.1 Å². The van der Waals surface area contributed by atoms with Crippen LogP contribution in [0.5, 0.6) is 17.2 Å². The predicted octanol–water partition coefficient (Wildman–Crippen LogP) is 6.82. The molecule has 2 N–H and O–H groups in total. The number of carbonyl (C=O) groups is 2. The van der Waals surface area contributed by atoms with Crippen LogP contribution in [0.2, 0.25) is 0 Å². The molecule has 9 heteroatoms. The molecule has 5 rings (SSSR count). The minimum atomic E-state index is -1.01. The van der Waals surface area contributed by atoms with Crippen molar-refractivity contribution in [3.05, 3.63) is 82.4 Å². The van der Waals surface area contributed by atoms with Gasteiger partial charge in [-0.15, -0.1) is 0 Å². The molecule has 2 heterocycles. The van der Waals surface area contributed by atoms with E-state index in [-0.39, 0.29) is 22.8 Å². The summed E-state index contributed by atoms with van der Waals surface area (Å²) in [4.78, 5) is 33.4. The molecular weight excluding hydrogens is 540 g/mol. The lowest BCUT2D eigenvalue weighted by Gasteiger charge is -2.23. The maximum atomic E-state index is 13.7. The number of fused-ring (bicyclic) bond motifs is 1. The summed E-state index contributed by atoms with van der Waals surface area (Å²) < 4.78 is 12.3. The largest absolute Gasteiger partial charge is 0.507 e. The number of rotatable bonds is 9. The number of aliphatic hydroxyl groups is 1. The highest BCUT2D eigenvalue weighted by Crippen LogP contribution is 2.46. The quantitative estimate of drug-likeness (QED) is 0.0980. The fourth-order valence-electron chi connectivity index (χ4n) is 5.00. The van der Waals surface area contributed by atoms with Crippen molar-refractivity contribution in [2.75, 3.05) is 18.1 Å². The van der Waals surface area contributed by atoms with Crippen molar-refractivity contribution in [3.63, 3.8) is 0 Å². The number of hydrogen-bond donors (Lipinski definition) is 2. The molecule has 1 aliphatic rings. The average Bonchev–Trinajstić information content (AvgIpc) is 3.48. The third-order valence-electron chi connectivity index (χ3n) is 6.94. The first-order valence-electron chi connectivity index (χ1n) is 13.6. The van der Waals surface area contributed by atoms with E-state index in [1.807, 2.05) is 26.0 Å². The minimum absolute atomic E-state index is 0.0735. The summed E-state index contributed by atoms with van der Waals surface area (Å²) >= 11 is 1.30. The summed E-state index contributed by atoms with van der Waals surface area (Å²) in [6.45, 7) is 8.63. The number of unbranched alkanes of at least 4 members (excludes halogenated alkanes) is 1.